The van der Waals surface area contributed by atoms with Gasteiger partial charge in [0.2, 0.25) is 0 Å². The zero-order chi connectivity index (χ0) is 15.4. The molecule has 6 nitrogen and oxygen atoms in total. The summed E-state index contributed by atoms with van der Waals surface area (Å²) in [4.78, 5) is 37.0. The highest BCUT2D eigenvalue weighted by molar-refractivity contribution is 6.30. The zero-order valence-electron chi connectivity index (χ0n) is 11.5. The van der Waals surface area contributed by atoms with E-state index in [1.807, 2.05) is 0 Å². The average molecular weight is 321 g/mol. The van der Waals surface area contributed by atoms with Crippen LogP contribution >= 0.6 is 11.6 Å². The van der Waals surface area contributed by atoms with Gasteiger partial charge in [0, 0.05) is 10.6 Å². The van der Waals surface area contributed by atoms with E-state index in [4.69, 9.17) is 16.3 Å². The van der Waals surface area contributed by atoms with Crippen molar-refractivity contribution in [3.8, 4) is 0 Å². The number of carbonyl (C=O) groups is 3. The summed E-state index contributed by atoms with van der Waals surface area (Å²) in [5.74, 6) is -2.14. The van der Waals surface area contributed by atoms with Crippen LogP contribution in [0, 0.1) is 11.8 Å². The highest BCUT2D eigenvalue weighted by Gasteiger charge is 2.62. The Kier molecular flexibility index (Phi) is 2.99. The molecule has 1 aromatic carbocycles. The fourth-order valence-corrected chi connectivity index (χ4v) is 3.72. The van der Waals surface area contributed by atoms with Gasteiger partial charge in [0.15, 0.2) is 0 Å². The Balaban J connectivity index is 1.54. The maximum atomic E-state index is 12.4. The van der Waals surface area contributed by atoms with Crippen LogP contribution in [-0.2, 0) is 14.3 Å². The number of hydrogen-bond acceptors (Lipinski definition) is 4. The van der Waals surface area contributed by atoms with Gasteiger partial charge in [0.25, 0.3) is 17.7 Å². The predicted molar refractivity (Wildman–Crippen MR) is 75.6 cm³/mol. The molecule has 22 heavy (non-hydrogen) atoms. The van der Waals surface area contributed by atoms with E-state index < -0.39 is 17.7 Å². The van der Waals surface area contributed by atoms with Gasteiger partial charge in [-0.25, -0.2) is 0 Å². The van der Waals surface area contributed by atoms with Crippen LogP contribution in [0.15, 0.2) is 24.3 Å². The number of fused-ring (bicyclic) bond motifs is 5. The van der Waals surface area contributed by atoms with E-state index in [2.05, 4.69) is 5.43 Å². The van der Waals surface area contributed by atoms with Gasteiger partial charge in [-0.1, -0.05) is 11.6 Å². The molecule has 3 aliphatic heterocycles. The highest BCUT2D eigenvalue weighted by Crippen LogP contribution is 2.48. The number of imide groups is 1. The minimum Gasteiger partial charge on any atom is -0.373 e. The third-order valence-corrected chi connectivity index (χ3v) is 4.86. The molecule has 114 valence electrons. The Morgan fingerprint density at radius 3 is 2.18 bits per heavy atom. The van der Waals surface area contributed by atoms with Gasteiger partial charge in [0.05, 0.1) is 24.0 Å². The monoisotopic (exact) mass is 320 g/mol. The minimum atomic E-state index is -0.508. The second-order valence-corrected chi connectivity index (χ2v) is 6.24. The minimum absolute atomic E-state index is 0.191. The van der Waals surface area contributed by atoms with Gasteiger partial charge in [-0.2, -0.15) is 5.01 Å². The molecule has 3 fully saturated rings. The summed E-state index contributed by atoms with van der Waals surface area (Å²) in [6, 6.07) is 6.23. The van der Waals surface area contributed by atoms with Crippen molar-refractivity contribution >= 4 is 29.3 Å². The van der Waals surface area contributed by atoms with Crippen LogP contribution in [0.2, 0.25) is 5.02 Å². The molecule has 3 saturated heterocycles. The molecule has 7 heteroatoms. The standard InChI is InChI=1S/C15H13ClN2O4/c16-8-3-1-7(2-4-8)13(19)17-18-14(20)11-9-5-6-10(22-9)12(11)15(18)21/h1-4,9-12H,5-6H2,(H,17,19)/t9-,10-,11-,12+/m0/s1. The summed E-state index contributed by atoms with van der Waals surface area (Å²) < 4.78 is 5.64. The van der Waals surface area contributed by atoms with Gasteiger partial charge in [-0.05, 0) is 37.1 Å². The molecule has 0 unspecified atom stereocenters. The van der Waals surface area contributed by atoms with Crippen LogP contribution in [0.3, 0.4) is 0 Å². The largest absolute Gasteiger partial charge is 0.373 e. The molecule has 1 aromatic rings. The van der Waals surface area contributed by atoms with Crippen LogP contribution in [0.4, 0.5) is 0 Å². The van der Waals surface area contributed by atoms with Crippen molar-refractivity contribution in [2.24, 2.45) is 11.8 Å². The summed E-state index contributed by atoms with van der Waals surface area (Å²) in [5.41, 5.74) is 2.74. The SMILES string of the molecule is O=C(NN1C(=O)[C@@H]2[C@H](C1=O)[C@@H]1CC[C@@H]2O1)c1ccc(Cl)cc1. The smallest absolute Gasteiger partial charge is 0.270 e. The fourth-order valence-electron chi connectivity index (χ4n) is 3.59. The molecule has 0 saturated carbocycles. The predicted octanol–water partition coefficient (Wildman–Crippen LogP) is 1.15. The van der Waals surface area contributed by atoms with Crippen molar-refractivity contribution in [2.75, 3.05) is 0 Å². The average Bonchev–Trinajstić information content (AvgIpc) is 3.17. The lowest BCUT2D eigenvalue weighted by Gasteiger charge is -2.18. The zero-order valence-corrected chi connectivity index (χ0v) is 12.2. The number of rotatable bonds is 2. The van der Waals surface area contributed by atoms with E-state index in [9.17, 15) is 14.4 Å². The molecule has 4 rings (SSSR count). The lowest BCUT2D eigenvalue weighted by atomic mass is 9.81. The normalized spacial score (nSPS) is 32.5. The topological polar surface area (TPSA) is 75.7 Å². The van der Waals surface area contributed by atoms with Gasteiger partial charge in [-0.3, -0.25) is 19.8 Å². The molecule has 4 atom stereocenters. The van der Waals surface area contributed by atoms with Gasteiger partial charge in [-0.15, -0.1) is 0 Å². The molecule has 2 bridgehead atoms. The van der Waals surface area contributed by atoms with Crippen LogP contribution in [0.25, 0.3) is 0 Å². The van der Waals surface area contributed by atoms with E-state index in [-0.39, 0.29) is 24.0 Å². The third kappa shape index (κ3) is 1.87. The highest BCUT2D eigenvalue weighted by atomic mass is 35.5. The fraction of sp³-hybridized carbons (Fsp3) is 0.400. The molecule has 0 aliphatic carbocycles. The lowest BCUT2D eigenvalue weighted by Crippen LogP contribution is -2.47. The molecule has 3 amide bonds. The van der Waals surface area contributed by atoms with Crippen molar-refractivity contribution in [3.05, 3.63) is 34.9 Å². The molecule has 3 aliphatic rings. The summed E-state index contributed by atoms with van der Waals surface area (Å²) in [6.45, 7) is 0. The number of hydrogen-bond donors (Lipinski definition) is 1. The molecule has 0 radical (unpaired) electrons. The number of amides is 3. The van der Waals surface area contributed by atoms with Gasteiger partial charge >= 0.3 is 0 Å². The Morgan fingerprint density at radius 2 is 1.64 bits per heavy atom. The first-order valence-corrected chi connectivity index (χ1v) is 7.54. The summed E-state index contributed by atoms with van der Waals surface area (Å²) in [6.07, 6.45) is 1.21. The number of benzene rings is 1. The Bertz CT molecular complexity index is 647. The number of nitrogens with zero attached hydrogens (tertiary/aromatic N) is 1. The van der Waals surface area contributed by atoms with Crippen LogP contribution in [0.1, 0.15) is 23.2 Å². The summed E-state index contributed by atoms with van der Waals surface area (Å²) >= 11 is 5.77. The van der Waals surface area contributed by atoms with E-state index in [1.165, 1.54) is 12.1 Å². The second kappa shape index (κ2) is 4.79. The maximum Gasteiger partial charge on any atom is 0.270 e. The Labute approximate surface area is 131 Å². The molecular formula is C15H13ClN2O4. The van der Waals surface area contributed by atoms with Crippen molar-refractivity contribution < 1.29 is 19.1 Å². The van der Waals surface area contributed by atoms with Crippen molar-refractivity contribution in [1.82, 2.24) is 10.4 Å². The number of hydrazine groups is 1. The molecule has 0 spiro atoms. The number of halogens is 1. The molecular weight excluding hydrogens is 308 g/mol. The van der Waals surface area contributed by atoms with Crippen molar-refractivity contribution in [2.45, 2.75) is 25.0 Å². The number of carbonyl (C=O) groups excluding carboxylic acids is 3. The Morgan fingerprint density at radius 1 is 1.09 bits per heavy atom. The number of ether oxygens (including phenoxy) is 1. The first-order chi connectivity index (χ1) is 10.6. The second-order valence-electron chi connectivity index (χ2n) is 5.80. The first-order valence-electron chi connectivity index (χ1n) is 7.16. The van der Waals surface area contributed by atoms with Crippen LogP contribution < -0.4 is 5.43 Å². The third-order valence-electron chi connectivity index (χ3n) is 4.60. The molecule has 0 aromatic heterocycles. The molecule has 3 heterocycles. The Hall–Kier alpha value is -1.92. The number of nitrogens with one attached hydrogen (secondary N) is 1. The van der Waals surface area contributed by atoms with Gasteiger partial charge < -0.3 is 4.74 Å². The molecule has 1 N–H and O–H groups in total. The first kappa shape index (κ1) is 13.7. The van der Waals surface area contributed by atoms with Gasteiger partial charge in [0.1, 0.15) is 0 Å². The van der Waals surface area contributed by atoms with Crippen molar-refractivity contribution in [3.63, 3.8) is 0 Å². The van der Waals surface area contributed by atoms with E-state index >= 15 is 0 Å². The van der Waals surface area contributed by atoms with Crippen molar-refractivity contribution in [1.29, 1.82) is 0 Å². The van der Waals surface area contributed by atoms with Crippen LogP contribution in [0.5, 0.6) is 0 Å². The summed E-state index contributed by atoms with van der Waals surface area (Å²) in [5, 5.41) is 1.37. The summed E-state index contributed by atoms with van der Waals surface area (Å²) in [7, 11) is 0. The van der Waals surface area contributed by atoms with E-state index in [0.717, 1.165) is 17.9 Å². The van der Waals surface area contributed by atoms with Crippen LogP contribution in [-0.4, -0.2) is 34.9 Å². The van der Waals surface area contributed by atoms with E-state index in [1.54, 1.807) is 12.1 Å². The van der Waals surface area contributed by atoms with E-state index in [0.29, 0.717) is 10.6 Å². The lowest BCUT2D eigenvalue weighted by molar-refractivity contribution is -0.145. The maximum absolute atomic E-state index is 12.4. The quantitative estimate of drug-likeness (QED) is 0.829.